The highest BCUT2D eigenvalue weighted by molar-refractivity contribution is 7.91. The van der Waals surface area contributed by atoms with Crippen molar-refractivity contribution in [1.29, 1.82) is 0 Å². The van der Waals surface area contributed by atoms with Crippen molar-refractivity contribution < 1.29 is 12.8 Å². The zero-order valence-corrected chi connectivity index (χ0v) is 12.1. The van der Waals surface area contributed by atoms with Crippen molar-refractivity contribution in [1.82, 2.24) is 20.2 Å². The molecule has 21 heavy (non-hydrogen) atoms. The Morgan fingerprint density at radius 2 is 2.14 bits per heavy atom. The Morgan fingerprint density at radius 3 is 2.76 bits per heavy atom. The van der Waals surface area contributed by atoms with E-state index in [1.54, 1.807) is 13.0 Å². The summed E-state index contributed by atoms with van der Waals surface area (Å²) in [6, 6.07) is 4.02. The van der Waals surface area contributed by atoms with Gasteiger partial charge in [-0.1, -0.05) is 0 Å². The molecule has 0 aliphatic carbocycles. The first-order chi connectivity index (χ1) is 9.79. The number of nitrogens with zero attached hydrogens (tertiary/aromatic N) is 4. The molecule has 1 atom stereocenters. The number of anilines is 1. The maximum absolute atomic E-state index is 13.5. The second-order valence-corrected chi connectivity index (χ2v) is 7.71. The summed E-state index contributed by atoms with van der Waals surface area (Å²) in [6.07, 6.45) is 0.415. The summed E-state index contributed by atoms with van der Waals surface area (Å²) in [5.41, 5.74) is 5.57. The molecule has 1 unspecified atom stereocenters. The smallest absolute Gasteiger partial charge is 0.182 e. The summed E-state index contributed by atoms with van der Waals surface area (Å²) in [7, 11) is -3.11. The molecule has 1 aliphatic heterocycles. The van der Waals surface area contributed by atoms with Crippen LogP contribution in [0.4, 0.5) is 10.1 Å². The van der Waals surface area contributed by atoms with Gasteiger partial charge in [0, 0.05) is 11.3 Å². The quantitative estimate of drug-likeness (QED) is 0.814. The van der Waals surface area contributed by atoms with Crippen LogP contribution in [0.3, 0.4) is 0 Å². The van der Waals surface area contributed by atoms with E-state index in [1.807, 2.05) is 0 Å². The zero-order valence-electron chi connectivity index (χ0n) is 11.3. The monoisotopic (exact) mass is 311 g/mol. The molecule has 0 saturated carbocycles. The molecule has 1 saturated heterocycles. The van der Waals surface area contributed by atoms with Crippen LogP contribution in [-0.2, 0) is 15.4 Å². The first-order valence-electron chi connectivity index (χ1n) is 6.35. The standard InChI is InChI=1S/C12H14FN5O2S/c1-12(2-3-21(19,20)7-12)18-11(15-16-17-18)8-4-9(13)6-10(14)5-8/h4-6H,2-3,7,14H2,1H3. The van der Waals surface area contributed by atoms with E-state index in [2.05, 4.69) is 15.5 Å². The van der Waals surface area contributed by atoms with Crippen molar-refractivity contribution >= 4 is 15.5 Å². The average Bonchev–Trinajstić information content (AvgIpc) is 2.93. The fourth-order valence-electron chi connectivity index (χ4n) is 2.63. The first kappa shape index (κ1) is 13.9. The summed E-state index contributed by atoms with van der Waals surface area (Å²) in [5.74, 6) is -0.138. The van der Waals surface area contributed by atoms with Crippen molar-refractivity contribution in [3.63, 3.8) is 0 Å². The van der Waals surface area contributed by atoms with E-state index in [0.29, 0.717) is 17.8 Å². The molecule has 0 spiro atoms. The van der Waals surface area contributed by atoms with Crippen LogP contribution in [0.1, 0.15) is 13.3 Å². The van der Waals surface area contributed by atoms with Crippen LogP contribution >= 0.6 is 0 Å². The first-order valence-corrected chi connectivity index (χ1v) is 8.17. The summed E-state index contributed by atoms with van der Waals surface area (Å²) in [6.45, 7) is 1.78. The molecule has 3 rings (SSSR count). The van der Waals surface area contributed by atoms with Gasteiger partial charge < -0.3 is 5.73 Å². The minimum Gasteiger partial charge on any atom is -0.399 e. The third-order valence-electron chi connectivity index (χ3n) is 3.64. The molecule has 1 aliphatic rings. The minimum atomic E-state index is -3.11. The molecule has 2 aromatic rings. The number of nitrogen functional groups attached to an aromatic ring is 1. The molecular formula is C12H14FN5O2S. The van der Waals surface area contributed by atoms with Crippen LogP contribution in [-0.4, -0.2) is 40.1 Å². The Hall–Kier alpha value is -2.03. The van der Waals surface area contributed by atoms with E-state index < -0.39 is 21.2 Å². The maximum Gasteiger partial charge on any atom is 0.182 e. The summed E-state index contributed by atoms with van der Waals surface area (Å²) in [5, 5.41) is 11.4. The number of hydrogen-bond acceptors (Lipinski definition) is 6. The van der Waals surface area contributed by atoms with Crippen LogP contribution in [0.5, 0.6) is 0 Å². The predicted molar refractivity (Wildman–Crippen MR) is 74.5 cm³/mol. The lowest BCUT2D eigenvalue weighted by atomic mass is 10.0. The van der Waals surface area contributed by atoms with E-state index in [9.17, 15) is 12.8 Å². The number of tetrazole rings is 1. The maximum atomic E-state index is 13.5. The number of nitrogens with two attached hydrogens (primary N) is 1. The van der Waals surface area contributed by atoms with Crippen LogP contribution < -0.4 is 5.73 Å². The number of hydrogen-bond donors (Lipinski definition) is 1. The second kappa shape index (κ2) is 4.48. The lowest BCUT2D eigenvalue weighted by Crippen LogP contribution is -2.33. The van der Waals surface area contributed by atoms with Gasteiger partial charge in [-0.05, 0) is 42.0 Å². The van der Waals surface area contributed by atoms with Gasteiger partial charge in [0.05, 0.1) is 17.0 Å². The third-order valence-corrected chi connectivity index (χ3v) is 5.53. The van der Waals surface area contributed by atoms with Crippen LogP contribution in [0, 0.1) is 5.82 Å². The minimum absolute atomic E-state index is 0.0389. The van der Waals surface area contributed by atoms with Gasteiger partial charge >= 0.3 is 0 Å². The van der Waals surface area contributed by atoms with E-state index in [1.165, 1.54) is 16.8 Å². The number of halogens is 1. The Labute approximate surface area is 120 Å². The molecule has 0 bridgehead atoms. The molecular weight excluding hydrogens is 297 g/mol. The Morgan fingerprint density at radius 1 is 1.38 bits per heavy atom. The van der Waals surface area contributed by atoms with Crippen molar-refractivity contribution in [3.05, 3.63) is 24.0 Å². The van der Waals surface area contributed by atoms with Crippen molar-refractivity contribution in [2.45, 2.75) is 18.9 Å². The van der Waals surface area contributed by atoms with Crippen molar-refractivity contribution in [2.24, 2.45) is 0 Å². The molecule has 2 N–H and O–H groups in total. The molecule has 1 aromatic carbocycles. The molecule has 2 heterocycles. The summed E-state index contributed by atoms with van der Waals surface area (Å²) in [4.78, 5) is 0. The summed E-state index contributed by atoms with van der Waals surface area (Å²) >= 11 is 0. The van der Waals surface area contributed by atoms with Crippen molar-refractivity contribution in [2.75, 3.05) is 17.2 Å². The van der Waals surface area contributed by atoms with E-state index in [-0.39, 0.29) is 17.2 Å². The predicted octanol–water partition coefficient (Wildman–Crippen LogP) is 0.595. The van der Waals surface area contributed by atoms with E-state index >= 15 is 0 Å². The Kier molecular flexibility index (Phi) is 2.97. The summed E-state index contributed by atoms with van der Waals surface area (Å²) < 4.78 is 38.4. The Bertz CT molecular complexity index is 783. The third kappa shape index (κ3) is 2.48. The van der Waals surface area contributed by atoms with E-state index in [4.69, 9.17) is 5.73 Å². The normalized spacial score (nSPS) is 24.3. The van der Waals surface area contributed by atoms with Gasteiger partial charge in [-0.15, -0.1) is 5.10 Å². The lowest BCUT2D eigenvalue weighted by molar-refractivity contribution is 0.325. The van der Waals surface area contributed by atoms with E-state index in [0.717, 1.165) is 0 Å². The number of rotatable bonds is 2. The van der Waals surface area contributed by atoms with Gasteiger partial charge in [0.25, 0.3) is 0 Å². The topological polar surface area (TPSA) is 104 Å². The van der Waals surface area contributed by atoms with Gasteiger partial charge in [-0.25, -0.2) is 17.5 Å². The fraction of sp³-hybridized carbons (Fsp3) is 0.417. The fourth-order valence-corrected chi connectivity index (χ4v) is 4.74. The van der Waals surface area contributed by atoms with Gasteiger partial charge in [0.15, 0.2) is 15.7 Å². The lowest BCUT2D eigenvalue weighted by Gasteiger charge is -2.23. The highest BCUT2D eigenvalue weighted by Gasteiger charge is 2.42. The molecule has 7 nitrogen and oxygen atoms in total. The zero-order chi connectivity index (χ0) is 15.3. The molecule has 1 aromatic heterocycles. The Balaban J connectivity index is 2.10. The van der Waals surface area contributed by atoms with Crippen LogP contribution in [0.25, 0.3) is 11.4 Å². The number of benzene rings is 1. The molecule has 9 heteroatoms. The highest BCUT2D eigenvalue weighted by Crippen LogP contribution is 2.33. The molecule has 0 radical (unpaired) electrons. The SMILES string of the molecule is CC1(n2nnnc2-c2cc(N)cc(F)c2)CCS(=O)(=O)C1. The van der Waals surface area contributed by atoms with Crippen molar-refractivity contribution in [3.8, 4) is 11.4 Å². The second-order valence-electron chi connectivity index (χ2n) is 5.53. The van der Waals surface area contributed by atoms with Gasteiger partial charge in [0.2, 0.25) is 0 Å². The highest BCUT2D eigenvalue weighted by atomic mass is 32.2. The molecule has 1 fully saturated rings. The van der Waals surface area contributed by atoms with Crippen LogP contribution in [0.2, 0.25) is 0 Å². The molecule has 112 valence electrons. The number of sulfone groups is 1. The average molecular weight is 311 g/mol. The van der Waals surface area contributed by atoms with Gasteiger partial charge in [-0.2, -0.15) is 0 Å². The largest absolute Gasteiger partial charge is 0.399 e. The number of aromatic nitrogens is 4. The molecule has 0 amide bonds. The van der Waals surface area contributed by atoms with Gasteiger partial charge in [0.1, 0.15) is 5.82 Å². The van der Waals surface area contributed by atoms with Crippen LogP contribution in [0.15, 0.2) is 18.2 Å². The van der Waals surface area contributed by atoms with Gasteiger partial charge in [-0.3, -0.25) is 0 Å².